The van der Waals surface area contributed by atoms with Gasteiger partial charge in [-0.1, -0.05) is 0 Å². The van der Waals surface area contributed by atoms with Crippen molar-refractivity contribution in [3.8, 4) is 0 Å². The van der Waals surface area contributed by atoms with Crippen molar-refractivity contribution in [1.29, 1.82) is 0 Å². The fourth-order valence-electron chi connectivity index (χ4n) is 0.742. The van der Waals surface area contributed by atoms with E-state index in [1.54, 1.807) is 20.0 Å². The first kappa shape index (κ1) is 10.6. The molecule has 0 unspecified atom stereocenters. The Balaban J connectivity index is 2.67. The summed E-state index contributed by atoms with van der Waals surface area (Å²) in [5.74, 6) is 0.291. The van der Waals surface area contributed by atoms with Crippen molar-refractivity contribution in [2.24, 2.45) is 11.1 Å². The lowest BCUT2D eigenvalue weighted by Crippen LogP contribution is -2.37. The monoisotopic (exact) mass is 194 g/mol. The molecule has 0 aliphatic rings. The van der Waals surface area contributed by atoms with Crippen LogP contribution < -0.4 is 11.1 Å². The van der Waals surface area contributed by atoms with Gasteiger partial charge >= 0.3 is 0 Å². The number of anilines is 1. The first-order valence-corrected chi connectivity index (χ1v) is 4.34. The van der Waals surface area contributed by atoms with Gasteiger partial charge in [0.05, 0.1) is 11.6 Å². The number of rotatable bonds is 3. The van der Waals surface area contributed by atoms with Gasteiger partial charge in [-0.2, -0.15) is 0 Å². The van der Waals surface area contributed by atoms with Crippen LogP contribution in [0.3, 0.4) is 0 Å². The first-order chi connectivity index (χ1) is 6.56. The Kier molecular flexibility index (Phi) is 3.14. The number of hydrogen-bond acceptors (Lipinski definition) is 4. The second kappa shape index (κ2) is 4.15. The molecule has 0 aromatic carbocycles. The van der Waals surface area contributed by atoms with Gasteiger partial charge in [-0.15, -0.1) is 0 Å². The SMILES string of the molecule is CC(C)(CN)C(=O)Nc1cnccn1. The minimum absolute atomic E-state index is 0.152. The number of aromatic nitrogens is 2. The Hall–Kier alpha value is -1.49. The molecule has 0 radical (unpaired) electrons. The molecule has 14 heavy (non-hydrogen) atoms. The van der Waals surface area contributed by atoms with E-state index in [1.807, 2.05) is 0 Å². The number of nitrogens with zero attached hydrogens (tertiary/aromatic N) is 2. The molecule has 1 heterocycles. The summed E-state index contributed by atoms with van der Waals surface area (Å²) >= 11 is 0. The van der Waals surface area contributed by atoms with Crippen molar-refractivity contribution in [1.82, 2.24) is 9.97 Å². The molecule has 1 aromatic heterocycles. The summed E-state index contributed by atoms with van der Waals surface area (Å²) in [6.07, 6.45) is 4.55. The first-order valence-electron chi connectivity index (χ1n) is 4.34. The van der Waals surface area contributed by atoms with Crippen LogP contribution in [0, 0.1) is 5.41 Å². The van der Waals surface area contributed by atoms with Crippen LogP contribution in [0.1, 0.15) is 13.8 Å². The Labute approximate surface area is 82.7 Å². The van der Waals surface area contributed by atoms with Gasteiger partial charge in [0.15, 0.2) is 5.82 Å². The standard InChI is InChI=1S/C9H14N4O/c1-9(2,6-10)8(14)13-7-5-11-3-4-12-7/h3-5H,6,10H2,1-2H3,(H,12,13,14). The van der Waals surface area contributed by atoms with Crippen LogP contribution in [-0.4, -0.2) is 22.4 Å². The lowest BCUT2D eigenvalue weighted by Gasteiger charge is -2.20. The smallest absolute Gasteiger partial charge is 0.232 e. The van der Waals surface area contributed by atoms with Crippen molar-refractivity contribution in [2.75, 3.05) is 11.9 Å². The third-order valence-electron chi connectivity index (χ3n) is 1.93. The summed E-state index contributed by atoms with van der Waals surface area (Å²) in [5, 5.41) is 2.64. The predicted molar refractivity (Wildman–Crippen MR) is 53.5 cm³/mol. The molecular weight excluding hydrogens is 180 g/mol. The molecule has 0 aliphatic carbocycles. The van der Waals surface area contributed by atoms with Crippen LogP contribution >= 0.6 is 0 Å². The van der Waals surface area contributed by atoms with Gasteiger partial charge in [0.25, 0.3) is 0 Å². The summed E-state index contributed by atoms with van der Waals surface area (Å²) in [6.45, 7) is 3.84. The van der Waals surface area contributed by atoms with Gasteiger partial charge in [0, 0.05) is 18.9 Å². The summed E-state index contributed by atoms with van der Waals surface area (Å²) in [7, 11) is 0. The predicted octanol–water partition coefficient (Wildman–Crippen LogP) is 0.400. The number of carbonyl (C=O) groups is 1. The quantitative estimate of drug-likeness (QED) is 0.729. The van der Waals surface area contributed by atoms with Crippen molar-refractivity contribution in [3.63, 3.8) is 0 Å². The van der Waals surface area contributed by atoms with E-state index in [4.69, 9.17) is 5.73 Å². The van der Waals surface area contributed by atoms with Gasteiger partial charge in [0.1, 0.15) is 0 Å². The van der Waals surface area contributed by atoms with Crippen molar-refractivity contribution in [2.45, 2.75) is 13.8 Å². The van der Waals surface area contributed by atoms with Crippen LogP contribution in [0.5, 0.6) is 0 Å². The van der Waals surface area contributed by atoms with Gasteiger partial charge in [0.2, 0.25) is 5.91 Å². The summed E-state index contributed by atoms with van der Waals surface area (Å²) in [4.78, 5) is 19.4. The van der Waals surface area contributed by atoms with Crippen LogP contribution in [0.15, 0.2) is 18.6 Å². The lowest BCUT2D eigenvalue weighted by atomic mass is 9.93. The Bertz CT molecular complexity index is 310. The van der Waals surface area contributed by atoms with E-state index >= 15 is 0 Å². The second-order valence-corrected chi connectivity index (χ2v) is 3.63. The minimum atomic E-state index is -0.586. The molecule has 0 aliphatic heterocycles. The van der Waals surface area contributed by atoms with E-state index in [-0.39, 0.29) is 5.91 Å². The highest BCUT2D eigenvalue weighted by molar-refractivity contribution is 5.94. The molecule has 76 valence electrons. The fraction of sp³-hybridized carbons (Fsp3) is 0.444. The second-order valence-electron chi connectivity index (χ2n) is 3.63. The maximum atomic E-state index is 11.6. The topological polar surface area (TPSA) is 80.9 Å². The molecule has 0 bridgehead atoms. The molecular formula is C9H14N4O. The number of amides is 1. The number of carbonyl (C=O) groups excluding carboxylic acids is 1. The summed E-state index contributed by atoms with van der Waals surface area (Å²) < 4.78 is 0. The minimum Gasteiger partial charge on any atom is -0.329 e. The molecule has 0 atom stereocenters. The largest absolute Gasteiger partial charge is 0.329 e. The van der Waals surface area contributed by atoms with Crippen LogP contribution in [0.2, 0.25) is 0 Å². The third kappa shape index (κ3) is 2.50. The summed E-state index contributed by atoms with van der Waals surface area (Å²) in [5.41, 5.74) is 4.88. The van der Waals surface area contributed by atoms with E-state index < -0.39 is 5.41 Å². The number of nitrogens with two attached hydrogens (primary N) is 1. The molecule has 0 fully saturated rings. The van der Waals surface area contributed by atoms with Crippen molar-refractivity contribution in [3.05, 3.63) is 18.6 Å². The zero-order chi connectivity index (χ0) is 10.6. The maximum absolute atomic E-state index is 11.6. The molecule has 1 aromatic rings. The van der Waals surface area contributed by atoms with Crippen LogP contribution in [0.25, 0.3) is 0 Å². The average Bonchev–Trinajstić information content (AvgIpc) is 2.19. The van der Waals surface area contributed by atoms with Crippen molar-refractivity contribution < 1.29 is 4.79 Å². The highest BCUT2D eigenvalue weighted by Crippen LogP contribution is 2.14. The Morgan fingerprint density at radius 3 is 2.79 bits per heavy atom. The van der Waals surface area contributed by atoms with Crippen LogP contribution in [-0.2, 0) is 4.79 Å². The highest BCUT2D eigenvalue weighted by atomic mass is 16.2. The van der Waals surface area contributed by atoms with Gasteiger partial charge in [-0.25, -0.2) is 4.98 Å². The third-order valence-corrected chi connectivity index (χ3v) is 1.93. The Morgan fingerprint density at radius 1 is 1.57 bits per heavy atom. The zero-order valence-electron chi connectivity index (χ0n) is 8.32. The highest BCUT2D eigenvalue weighted by Gasteiger charge is 2.25. The Morgan fingerprint density at radius 2 is 2.29 bits per heavy atom. The molecule has 0 saturated heterocycles. The number of hydrogen-bond donors (Lipinski definition) is 2. The lowest BCUT2D eigenvalue weighted by molar-refractivity contribution is -0.123. The maximum Gasteiger partial charge on any atom is 0.232 e. The van der Waals surface area contributed by atoms with Crippen molar-refractivity contribution >= 4 is 11.7 Å². The molecule has 3 N–H and O–H groups in total. The summed E-state index contributed by atoms with van der Waals surface area (Å²) in [6, 6.07) is 0. The fourth-order valence-corrected chi connectivity index (χ4v) is 0.742. The number of nitrogens with one attached hydrogen (secondary N) is 1. The molecule has 5 nitrogen and oxygen atoms in total. The van der Waals surface area contributed by atoms with E-state index in [9.17, 15) is 4.79 Å². The van der Waals surface area contributed by atoms with Crippen LogP contribution in [0.4, 0.5) is 5.82 Å². The molecule has 5 heteroatoms. The molecule has 0 saturated carbocycles. The van der Waals surface area contributed by atoms with E-state index in [1.165, 1.54) is 12.4 Å². The molecule has 0 spiro atoms. The van der Waals surface area contributed by atoms with E-state index in [0.717, 1.165) is 0 Å². The zero-order valence-corrected chi connectivity index (χ0v) is 8.32. The normalized spacial score (nSPS) is 11.1. The average molecular weight is 194 g/mol. The molecule has 1 amide bonds. The van der Waals surface area contributed by atoms with Gasteiger partial charge in [-0.3, -0.25) is 9.78 Å². The van der Waals surface area contributed by atoms with E-state index in [0.29, 0.717) is 12.4 Å². The van der Waals surface area contributed by atoms with Gasteiger partial charge in [-0.05, 0) is 13.8 Å². The molecule has 1 rings (SSSR count). The van der Waals surface area contributed by atoms with E-state index in [2.05, 4.69) is 15.3 Å². The van der Waals surface area contributed by atoms with Gasteiger partial charge < -0.3 is 11.1 Å².